The number of benzene rings is 2. The van der Waals surface area contributed by atoms with E-state index in [1.54, 1.807) is 0 Å². The van der Waals surface area contributed by atoms with Crippen LogP contribution in [0.15, 0.2) is 42.5 Å². The Bertz CT molecular complexity index is 615. The molecule has 0 aliphatic heterocycles. The van der Waals surface area contributed by atoms with Gasteiger partial charge in [0.2, 0.25) is 0 Å². The summed E-state index contributed by atoms with van der Waals surface area (Å²) < 4.78 is 32.1. The average Bonchev–Trinajstić information content (AvgIpc) is 2.47. The van der Waals surface area contributed by atoms with Gasteiger partial charge in [-0.25, -0.2) is 8.78 Å². The molecule has 0 bridgehead atoms. The van der Waals surface area contributed by atoms with Gasteiger partial charge in [-0.05, 0) is 31.0 Å². The van der Waals surface area contributed by atoms with Gasteiger partial charge < -0.3 is 10.5 Å². The molecule has 2 unspecified atom stereocenters. The predicted molar refractivity (Wildman–Crippen MR) is 79.2 cm³/mol. The molecule has 0 aromatic heterocycles. The topological polar surface area (TPSA) is 35.2 Å². The van der Waals surface area contributed by atoms with Crippen LogP contribution in [0.4, 0.5) is 8.78 Å². The first kappa shape index (κ1) is 15.4. The molecule has 0 fully saturated rings. The van der Waals surface area contributed by atoms with Gasteiger partial charge >= 0.3 is 0 Å². The van der Waals surface area contributed by atoms with Crippen molar-refractivity contribution in [1.29, 1.82) is 0 Å². The highest BCUT2D eigenvalue weighted by atomic mass is 19.2. The van der Waals surface area contributed by atoms with Crippen LogP contribution >= 0.6 is 0 Å². The van der Waals surface area contributed by atoms with E-state index in [0.717, 1.165) is 23.3 Å². The van der Waals surface area contributed by atoms with Crippen molar-refractivity contribution >= 4 is 0 Å². The Morgan fingerprint density at radius 2 is 1.86 bits per heavy atom. The Balaban J connectivity index is 2.30. The lowest BCUT2D eigenvalue weighted by Gasteiger charge is -2.25. The van der Waals surface area contributed by atoms with E-state index < -0.39 is 17.7 Å². The van der Waals surface area contributed by atoms with E-state index in [9.17, 15) is 8.78 Å². The maximum Gasteiger partial charge on any atom is 0.162 e. The van der Waals surface area contributed by atoms with Crippen molar-refractivity contribution in [3.63, 3.8) is 0 Å². The number of rotatable bonds is 5. The van der Waals surface area contributed by atoms with Gasteiger partial charge in [-0.2, -0.15) is 0 Å². The van der Waals surface area contributed by atoms with Crippen molar-refractivity contribution < 1.29 is 13.5 Å². The summed E-state index contributed by atoms with van der Waals surface area (Å²) in [6, 6.07) is 11.1. The van der Waals surface area contributed by atoms with Crippen LogP contribution in [0.3, 0.4) is 0 Å². The van der Waals surface area contributed by atoms with Crippen LogP contribution in [-0.4, -0.2) is 6.04 Å². The van der Waals surface area contributed by atoms with Crippen LogP contribution in [0.2, 0.25) is 0 Å². The van der Waals surface area contributed by atoms with Gasteiger partial charge in [-0.15, -0.1) is 0 Å². The van der Waals surface area contributed by atoms with Crippen LogP contribution in [-0.2, 0) is 0 Å². The summed E-state index contributed by atoms with van der Waals surface area (Å²) in [5.41, 5.74) is 8.14. The number of hydrogen-bond acceptors (Lipinski definition) is 2. The quantitative estimate of drug-likeness (QED) is 0.899. The average molecular weight is 291 g/mol. The fraction of sp³-hybridized carbons (Fsp3) is 0.294. The van der Waals surface area contributed by atoms with Crippen molar-refractivity contribution in [3.8, 4) is 5.75 Å². The highest BCUT2D eigenvalue weighted by Gasteiger charge is 2.21. The highest BCUT2D eigenvalue weighted by molar-refractivity contribution is 5.29. The molecule has 0 saturated heterocycles. The molecule has 21 heavy (non-hydrogen) atoms. The van der Waals surface area contributed by atoms with Crippen molar-refractivity contribution in [3.05, 3.63) is 65.2 Å². The number of halogens is 2. The van der Waals surface area contributed by atoms with Gasteiger partial charge in [0.05, 0.1) is 0 Å². The van der Waals surface area contributed by atoms with Crippen LogP contribution < -0.4 is 10.5 Å². The molecule has 0 heterocycles. The zero-order valence-corrected chi connectivity index (χ0v) is 12.1. The van der Waals surface area contributed by atoms with E-state index in [1.807, 2.05) is 38.1 Å². The fourth-order valence-corrected chi connectivity index (χ4v) is 2.16. The lowest BCUT2D eigenvalue weighted by Crippen LogP contribution is -2.31. The molecule has 2 rings (SSSR count). The smallest absolute Gasteiger partial charge is 0.162 e. The molecule has 0 radical (unpaired) electrons. The molecule has 0 spiro atoms. The number of ether oxygens (including phenoxy) is 1. The zero-order chi connectivity index (χ0) is 15.4. The Labute approximate surface area is 123 Å². The van der Waals surface area contributed by atoms with Gasteiger partial charge in [0.25, 0.3) is 0 Å². The van der Waals surface area contributed by atoms with Crippen LogP contribution in [0.5, 0.6) is 5.75 Å². The molecule has 112 valence electrons. The Hall–Kier alpha value is -1.94. The number of hydrogen-bond donors (Lipinski definition) is 1. The largest absolute Gasteiger partial charge is 0.484 e. The third-order valence-corrected chi connectivity index (χ3v) is 3.39. The minimum absolute atomic E-state index is 0.236. The summed E-state index contributed by atoms with van der Waals surface area (Å²) in [7, 11) is 0. The zero-order valence-electron chi connectivity index (χ0n) is 12.1. The van der Waals surface area contributed by atoms with Crippen molar-refractivity contribution in [2.75, 3.05) is 0 Å². The third kappa shape index (κ3) is 3.79. The van der Waals surface area contributed by atoms with Gasteiger partial charge in [0.1, 0.15) is 11.9 Å². The molecule has 0 aliphatic rings. The third-order valence-electron chi connectivity index (χ3n) is 3.39. The number of aryl methyl sites for hydroxylation is 1. The highest BCUT2D eigenvalue weighted by Crippen LogP contribution is 2.27. The summed E-state index contributed by atoms with van der Waals surface area (Å²) in [5.74, 6) is -1.56. The van der Waals surface area contributed by atoms with Gasteiger partial charge in [-0.3, -0.25) is 0 Å². The van der Waals surface area contributed by atoms with Crippen molar-refractivity contribution in [2.45, 2.75) is 32.4 Å². The van der Waals surface area contributed by atoms with E-state index in [1.165, 1.54) is 6.07 Å². The SMILES string of the molecule is CCC(N)C(Oc1ccc(F)c(F)c1)c1cccc(C)c1. The molecule has 2 aromatic carbocycles. The molecular weight excluding hydrogens is 272 g/mol. The molecule has 2 nitrogen and oxygen atoms in total. The second-order valence-electron chi connectivity index (χ2n) is 5.10. The summed E-state index contributed by atoms with van der Waals surface area (Å²) in [4.78, 5) is 0. The van der Waals surface area contributed by atoms with E-state index in [0.29, 0.717) is 6.42 Å². The summed E-state index contributed by atoms with van der Waals surface area (Å²) in [6.07, 6.45) is 0.308. The molecule has 0 amide bonds. The Kier molecular flexibility index (Phi) is 4.91. The second-order valence-corrected chi connectivity index (χ2v) is 5.10. The molecule has 0 saturated carbocycles. The molecule has 0 aliphatic carbocycles. The predicted octanol–water partition coefficient (Wildman–Crippen LogP) is 4.13. The molecule has 2 atom stereocenters. The summed E-state index contributed by atoms with van der Waals surface area (Å²) >= 11 is 0. The standard InChI is InChI=1S/C17H19F2NO/c1-3-16(20)17(12-6-4-5-11(2)9-12)21-13-7-8-14(18)15(19)10-13/h4-10,16-17H,3,20H2,1-2H3. The van der Waals surface area contributed by atoms with Gasteiger partial charge in [0.15, 0.2) is 11.6 Å². The Morgan fingerprint density at radius 1 is 1.10 bits per heavy atom. The lowest BCUT2D eigenvalue weighted by molar-refractivity contribution is 0.170. The van der Waals surface area contributed by atoms with E-state index in [2.05, 4.69) is 0 Å². The maximum absolute atomic E-state index is 13.3. The second kappa shape index (κ2) is 6.68. The first-order valence-corrected chi connectivity index (χ1v) is 6.95. The summed E-state index contributed by atoms with van der Waals surface area (Å²) in [5, 5.41) is 0. The van der Waals surface area contributed by atoms with Crippen LogP contribution in [0, 0.1) is 18.6 Å². The lowest BCUT2D eigenvalue weighted by atomic mass is 9.99. The molecule has 2 N–H and O–H groups in total. The van der Waals surface area contributed by atoms with E-state index in [-0.39, 0.29) is 11.8 Å². The van der Waals surface area contributed by atoms with Crippen molar-refractivity contribution in [1.82, 2.24) is 0 Å². The Morgan fingerprint density at radius 3 is 2.48 bits per heavy atom. The minimum atomic E-state index is -0.930. The number of nitrogens with two attached hydrogens (primary N) is 1. The van der Waals surface area contributed by atoms with Crippen LogP contribution in [0.1, 0.15) is 30.6 Å². The van der Waals surface area contributed by atoms with E-state index >= 15 is 0 Å². The van der Waals surface area contributed by atoms with Crippen LogP contribution in [0.25, 0.3) is 0 Å². The summed E-state index contributed by atoms with van der Waals surface area (Å²) in [6.45, 7) is 3.94. The normalized spacial score (nSPS) is 13.8. The first-order valence-electron chi connectivity index (χ1n) is 6.95. The molecule has 4 heteroatoms. The maximum atomic E-state index is 13.3. The van der Waals surface area contributed by atoms with Gasteiger partial charge in [0, 0.05) is 12.1 Å². The van der Waals surface area contributed by atoms with E-state index in [4.69, 9.17) is 10.5 Å². The first-order chi connectivity index (χ1) is 10.0. The fourth-order valence-electron chi connectivity index (χ4n) is 2.16. The molecular formula is C17H19F2NO. The minimum Gasteiger partial charge on any atom is -0.484 e. The van der Waals surface area contributed by atoms with Gasteiger partial charge in [-0.1, -0.05) is 36.8 Å². The monoisotopic (exact) mass is 291 g/mol. The molecule has 2 aromatic rings. The van der Waals surface area contributed by atoms with Crippen molar-refractivity contribution in [2.24, 2.45) is 5.73 Å².